The molecule has 0 radical (unpaired) electrons. The third kappa shape index (κ3) is 3.58. The van der Waals surface area contributed by atoms with Crippen molar-refractivity contribution in [3.05, 3.63) is 0 Å². The maximum atomic E-state index is 3.48. The molecule has 1 heterocycles. The Hall–Kier alpha value is -0.0800. The molecule has 0 aliphatic carbocycles. The predicted molar refractivity (Wildman–Crippen MR) is 62.6 cm³/mol. The zero-order valence-electron chi connectivity index (χ0n) is 10.1. The fourth-order valence-corrected chi connectivity index (χ4v) is 2.41. The Bertz CT molecular complexity index is 145. The van der Waals surface area contributed by atoms with E-state index in [0.29, 0.717) is 0 Å². The fraction of sp³-hybridized carbons (Fsp3) is 1.00. The maximum absolute atomic E-state index is 3.48. The van der Waals surface area contributed by atoms with Crippen LogP contribution in [-0.4, -0.2) is 37.1 Å². The molecular formula is C12H26N2. The highest BCUT2D eigenvalue weighted by Crippen LogP contribution is 2.22. The Morgan fingerprint density at radius 2 is 2.14 bits per heavy atom. The molecule has 1 saturated heterocycles. The topological polar surface area (TPSA) is 15.3 Å². The van der Waals surface area contributed by atoms with Crippen molar-refractivity contribution in [1.82, 2.24) is 10.2 Å². The number of nitrogens with one attached hydrogen (secondary N) is 1. The van der Waals surface area contributed by atoms with Crippen LogP contribution < -0.4 is 5.32 Å². The lowest BCUT2D eigenvalue weighted by atomic mass is 10.0. The molecule has 0 amide bonds. The summed E-state index contributed by atoms with van der Waals surface area (Å²) in [5.74, 6) is 0.823. The second kappa shape index (κ2) is 6.41. The van der Waals surface area contributed by atoms with E-state index < -0.39 is 0 Å². The summed E-state index contributed by atoms with van der Waals surface area (Å²) in [5.41, 5.74) is 0. The first-order valence-corrected chi connectivity index (χ1v) is 6.20. The maximum Gasteiger partial charge on any atom is 0.0119 e. The van der Waals surface area contributed by atoms with Crippen LogP contribution in [0.15, 0.2) is 0 Å². The highest BCUT2D eigenvalue weighted by molar-refractivity contribution is 4.81. The van der Waals surface area contributed by atoms with Crippen LogP contribution in [0.5, 0.6) is 0 Å². The van der Waals surface area contributed by atoms with Gasteiger partial charge < -0.3 is 5.32 Å². The van der Waals surface area contributed by atoms with Gasteiger partial charge in [0, 0.05) is 19.1 Å². The molecule has 1 unspecified atom stereocenters. The molecular weight excluding hydrogens is 172 g/mol. The number of hydrogen-bond acceptors (Lipinski definition) is 2. The zero-order valence-corrected chi connectivity index (χ0v) is 10.1. The SMILES string of the molecule is CCCNCCN1CCCC1C(C)C. The fourth-order valence-electron chi connectivity index (χ4n) is 2.41. The first-order valence-electron chi connectivity index (χ1n) is 6.20. The molecule has 0 saturated carbocycles. The minimum atomic E-state index is 0.823. The van der Waals surface area contributed by atoms with Crippen molar-refractivity contribution in [2.75, 3.05) is 26.2 Å². The van der Waals surface area contributed by atoms with Crippen LogP contribution in [0.25, 0.3) is 0 Å². The second-order valence-electron chi connectivity index (χ2n) is 4.74. The molecule has 1 N–H and O–H groups in total. The van der Waals surface area contributed by atoms with Crippen molar-refractivity contribution >= 4 is 0 Å². The molecule has 0 aromatic heterocycles. The summed E-state index contributed by atoms with van der Waals surface area (Å²) < 4.78 is 0. The average molecular weight is 198 g/mol. The van der Waals surface area contributed by atoms with Gasteiger partial charge in [0.05, 0.1) is 0 Å². The summed E-state index contributed by atoms with van der Waals surface area (Å²) in [6, 6.07) is 0.846. The minimum absolute atomic E-state index is 0.823. The average Bonchev–Trinajstić information content (AvgIpc) is 2.60. The van der Waals surface area contributed by atoms with Crippen LogP contribution in [0.4, 0.5) is 0 Å². The predicted octanol–water partition coefficient (Wildman–Crippen LogP) is 2.11. The molecule has 1 fully saturated rings. The molecule has 0 aromatic carbocycles. The highest BCUT2D eigenvalue weighted by atomic mass is 15.2. The van der Waals surface area contributed by atoms with Gasteiger partial charge >= 0.3 is 0 Å². The standard InChI is InChI=1S/C12H26N2/c1-4-7-13-8-10-14-9-5-6-12(14)11(2)3/h11-13H,4-10H2,1-3H3. The van der Waals surface area contributed by atoms with Gasteiger partial charge in [0.25, 0.3) is 0 Å². The molecule has 1 aliphatic rings. The normalized spacial score (nSPS) is 23.6. The van der Waals surface area contributed by atoms with Gasteiger partial charge in [-0.15, -0.1) is 0 Å². The smallest absolute Gasteiger partial charge is 0.0119 e. The first kappa shape index (κ1) is 12.0. The Morgan fingerprint density at radius 3 is 2.79 bits per heavy atom. The molecule has 0 bridgehead atoms. The van der Waals surface area contributed by atoms with Crippen LogP contribution in [0.1, 0.15) is 40.0 Å². The van der Waals surface area contributed by atoms with Gasteiger partial charge in [-0.05, 0) is 38.3 Å². The van der Waals surface area contributed by atoms with Gasteiger partial charge in [-0.25, -0.2) is 0 Å². The van der Waals surface area contributed by atoms with E-state index in [1.54, 1.807) is 0 Å². The quantitative estimate of drug-likeness (QED) is 0.658. The Morgan fingerprint density at radius 1 is 1.36 bits per heavy atom. The van der Waals surface area contributed by atoms with Crippen molar-refractivity contribution in [2.24, 2.45) is 5.92 Å². The van der Waals surface area contributed by atoms with Crippen molar-refractivity contribution in [2.45, 2.75) is 46.1 Å². The van der Waals surface area contributed by atoms with Gasteiger partial charge in [0.1, 0.15) is 0 Å². The third-order valence-corrected chi connectivity index (χ3v) is 3.19. The lowest BCUT2D eigenvalue weighted by Gasteiger charge is -2.27. The van der Waals surface area contributed by atoms with E-state index in [2.05, 4.69) is 31.0 Å². The third-order valence-electron chi connectivity index (χ3n) is 3.19. The number of nitrogens with zero attached hydrogens (tertiary/aromatic N) is 1. The van der Waals surface area contributed by atoms with Crippen LogP contribution in [-0.2, 0) is 0 Å². The summed E-state index contributed by atoms with van der Waals surface area (Å²) in [6.07, 6.45) is 4.05. The van der Waals surface area contributed by atoms with Crippen LogP contribution in [0.2, 0.25) is 0 Å². The number of likely N-dealkylation sites (tertiary alicyclic amines) is 1. The summed E-state index contributed by atoms with van der Waals surface area (Å²) in [4.78, 5) is 2.66. The molecule has 2 nitrogen and oxygen atoms in total. The first-order chi connectivity index (χ1) is 6.75. The molecule has 0 aromatic rings. The minimum Gasteiger partial charge on any atom is -0.315 e. The summed E-state index contributed by atoms with van der Waals surface area (Å²) in [6.45, 7) is 11.8. The lowest BCUT2D eigenvalue weighted by molar-refractivity contribution is 0.207. The Balaban J connectivity index is 2.16. The van der Waals surface area contributed by atoms with E-state index >= 15 is 0 Å². The monoisotopic (exact) mass is 198 g/mol. The van der Waals surface area contributed by atoms with E-state index in [9.17, 15) is 0 Å². The van der Waals surface area contributed by atoms with Gasteiger partial charge in [0.2, 0.25) is 0 Å². The molecule has 1 atom stereocenters. The molecule has 2 heteroatoms. The Kier molecular flexibility index (Phi) is 5.49. The Labute approximate surface area is 89.1 Å². The number of hydrogen-bond donors (Lipinski definition) is 1. The van der Waals surface area contributed by atoms with Gasteiger partial charge in [-0.1, -0.05) is 20.8 Å². The summed E-state index contributed by atoms with van der Waals surface area (Å²) >= 11 is 0. The van der Waals surface area contributed by atoms with Crippen molar-refractivity contribution < 1.29 is 0 Å². The van der Waals surface area contributed by atoms with Crippen LogP contribution in [0, 0.1) is 5.92 Å². The van der Waals surface area contributed by atoms with E-state index in [0.717, 1.165) is 18.5 Å². The summed E-state index contributed by atoms with van der Waals surface area (Å²) in [7, 11) is 0. The largest absolute Gasteiger partial charge is 0.315 e. The highest BCUT2D eigenvalue weighted by Gasteiger charge is 2.25. The van der Waals surface area contributed by atoms with Gasteiger partial charge in [0.15, 0.2) is 0 Å². The summed E-state index contributed by atoms with van der Waals surface area (Å²) in [5, 5.41) is 3.48. The molecule has 0 spiro atoms. The van der Waals surface area contributed by atoms with Crippen molar-refractivity contribution in [1.29, 1.82) is 0 Å². The molecule has 1 rings (SSSR count). The van der Waals surface area contributed by atoms with E-state index in [4.69, 9.17) is 0 Å². The molecule has 84 valence electrons. The van der Waals surface area contributed by atoms with Crippen LogP contribution >= 0.6 is 0 Å². The van der Waals surface area contributed by atoms with Gasteiger partial charge in [-0.2, -0.15) is 0 Å². The second-order valence-corrected chi connectivity index (χ2v) is 4.74. The zero-order chi connectivity index (χ0) is 10.4. The van der Waals surface area contributed by atoms with Crippen molar-refractivity contribution in [3.8, 4) is 0 Å². The van der Waals surface area contributed by atoms with Gasteiger partial charge in [-0.3, -0.25) is 4.90 Å². The van der Waals surface area contributed by atoms with Crippen molar-refractivity contribution in [3.63, 3.8) is 0 Å². The van der Waals surface area contributed by atoms with Crippen LogP contribution in [0.3, 0.4) is 0 Å². The number of rotatable bonds is 6. The van der Waals surface area contributed by atoms with E-state index in [1.807, 2.05) is 0 Å². The van der Waals surface area contributed by atoms with E-state index in [-0.39, 0.29) is 0 Å². The van der Waals surface area contributed by atoms with E-state index in [1.165, 1.54) is 38.9 Å². The molecule has 1 aliphatic heterocycles. The lowest BCUT2D eigenvalue weighted by Crippen LogP contribution is -2.38. The molecule has 14 heavy (non-hydrogen) atoms.